The second-order valence-corrected chi connectivity index (χ2v) is 7.81. The van der Waals surface area contributed by atoms with Crippen molar-refractivity contribution in [3.8, 4) is 0 Å². The first-order valence-corrected chi connectivity index (χ1v) is 10.1. The highest BCUT2D eigenvalue weighted by Crippen LogP contribution is 2.31. The summed E-state index contributed by atoms with van der Waals surface area (Å²) in [5, 5.41) is 17.5. The number of aliphatic hydroxyl groups is 1. The minimum atomic E-state index is -0.612. The molecule has 1 atom stereocenters. The SMILES string of the molecule is CCC(CCN(C)C(=O)CO)c1nnc2ccc(Sc3ccc(F)cc3F)cn12. The Morgan fingerprint density at radius 3 is 2.76 bits per heavy atom. The number of rotatable bonds is 8. The number of halogens is 2. The van der Waals surface area contributed by atoms with Crippen LogP contribution >= 0.6 is 11.8 Å². The molecule has 3 rings (SSSR count). The Morgan fingerprint density at radius 1 is 1.28 bits per heavy atom. The first-order valence-electron chi connectivity index (χ1n) is 9.25. The number of pyridine rings is 1. The van der Waals surface area contributed by atoms with Crippen LogP contribution in [-0.4, -0.2) is 50.7 Å². The van der Waals surface area contributed by atoms with Crippen molar-refractivity contribution < 1.29 is 18.7 Å². The molecule has 0 radical (unpaired) electrons. The number of aliphatic hydroxyl groups excluding tert-OH is 1. The third-order valence-corrected chi connectivity index (χ3v) is 5.78. The number of fused-ring (bicyclic) bond motifs is 1. The van der Waals surface area contributed by atoms with Gasteiger partial charge < -0.3 is 10.0 Å². The lowest BCUT2D eigenvalue weighted by Crippen LogP contribution is -2.31. The molecule has 3 aromatic rings. The van der Waals surface area contributed by atoms with Gasteiger partial charge in [-0.3, -0.25) is 9.20 Å². The van der Waals surface area contributed by atoms with Crippen LogP contribution in [0.4, 0.5) is 8.78 Å². The van der Waals surface area contributed by atoms with Crippen molar-refractivity contribution in [3.63, 3.8) is 0 Å². The molecular weight excluding hydrogens is 398 g/mol. The molecule has 1 unspecified atom stereocenters. The molecule has 0 aliphatic carbocycles. The second kappa shape index (κ2) is 9.32. The number of nitrogens with zero attached hydrogens (tertiary/aromatic N) is 4. The predicted octanol–water partition coefficient (Wildman–Crippen LogP) is 3.49. The van der Waals surface area contributed by atoms with Gasteiger partial charge in [-0.1, -0.05) is 18.7 Å². The maximum Gasteiger partial charge on any atom is 0.248 e. The van der Waals surface area contributed by atoms with Crippen LogP contribution in [0, 0.1) is 11.6 Å². The molecule has 154 valence electrons. The standard InChI is InChI=1S/C20H22F2N4O2S/c1-3-13(8-9-25(2)19(28)12-27)20-24-23-18-7-5-15(11-26(18)20)29-17-6-4-14(21)10-16(17)22/h4-7,10-11,13,27H,3,8-9,12H2,1-2H3. The van der Waals surface area contributed by atoms with Crippen LogP contribution in [0.5, 0.6) is 0 Å². The van der Waals surface area contributed by atoms with Crippen LogP contribution in [0.15, 0.2) is 46.3 Å². The molecule has 0 fully saturated rings. The van der Waals surface area contributed by atoms with Gasteiger partial charge >= 0.3 is 0 Å². The molecule has 1 N–H and O–H groups in total. The Balaban J connectivity index is 1.83. The van der Waals surface area contributed by atoms with E-state index in [2.05, 4.69) is 10.2 Å². The van der Waals surface area contributed by atoms with Gasteiger partial charge in [-0.2, -0.15) is 0 Å². The summed E-state index contributed by atoms with van der Waals surface area (Å²) in [5.74, 6) is -0.733. The van der Waals surface area contributed by atoms with E-state index in [-0.39, 0.29) is 11.8 Å². The van der Waals surface area contributed by atoms with Gasteiger partial charge in [-0.25, -0.2) is 8.78 Å². The molecule has 2 aromatic heterocycles. The van der Waals surface area contributed by atoms with Gasteiger partial charge in [0, 0.05) is 41.6 Å². The smallest absolute Gasteiger partial charge is 0.248 e. The molecule has 2 heterocycles. The van der Waals surface area contributed by atoms with Gasteiger partial charge in [0.15, 0.2) is 5.65 Å². The number of hydrogen-bond acceptors (Lipinski definition) is 5. The molecule has 0 bridgehead atoms. The molecule has 1 aromatic carbocycles. The molecule has 6 nitrogen and oxygen atoms in total. The normalized spacial score (nSPS) is 12.3. The minimum absolute atomic E-state index is 0.0572. The van der Waals surface area contributed by atoms with Crippen LogP contribution in [-0.2, 0) is 4.79 Å². The van der Waals surface area contributed by atoms with E-state index in [4.69, 9.17) is 5.11 Å². The molecule has 0 saturated heterocycles. The largest absolute Gasteiger partial charge is 0.387 e. The van der Waals surface area contributed by atoms with Crippen LogP contribution in [0.2, 0.25) is 0 Å². The first-order chi connectivity index (χ1) is 13.9. The highest BCUT2D eigenvalue weighted by atomic mass is 32.2. The zero-order valence-corrected chi connectivity index (χ0v) is 17.0. The van der Waals surface area contributed by atoms with E-state index in [0.29, 0.717) is 23.5 Å². The zero-order valence-electron chi connectivity index (χ0n) is 16.2. The lowest BCUT2D eigenvalue weighted by molar-refractivity contribution is -0.132. The molecular formula is C20H22F2N4O2S. The first kappa shape index (κ1) is 21.2. The molecule has 0 aliphatic heterocycles. The lowest BCUT2D eigenvalue weighted by atomic mass is 10.0. The van der Waals surface area contributed by atoms with Crippen molar-refractivity contribution >= 4 is 23.3 Å². The van der Waals surface area contributed by atoms with Gasteiger partial charge in [-0.15, -0.1) is 10.2 Å². The Morgan fingerprint density at radius 2 is 2.07 bits per heavy atom. The number of likely N-dealkylation sites (N-methyl/N-ethyl adjacent to an activating group) is 1. The van der Waals surface area contributed by atoms with Crippen LogP contribution < -0.4 is 0 Å². The summed E-state index contributed by atoms with van der Waals surface area (Å²) in [6.07, 6.45) is 3.30. The monoisotopic (exact) mass is 420 g/mol. The maximum absolute atomic E-state index is 14.0. The number of carbonyl (C=O) groups is 1. The zero-order chi connectivity index (χ0) is 21.0. The summed E-state index contributed by atoms with van der Waals surface area (Å²) in [6.45, 7) is 2.01. The molecule has 0 spiro atoms. The van der Waals surface area contributed by atoms with Crippen molar-refractivity contribution in [2.75, 3.05) is 20.2 Å². The predicted molar refractivity (Wildman–Crippen MR) is 106 cm³/mol. The number of aromatic nitrogens is 3. The molecule has 0 aliphatic rings. The van der Waals surface area contributed by atoms with E-state index in [0.717, 1.165) is 23.2 Å². The molecule has 1 amide bonds. The van der Waals surface area contributed by atoms with Gasteiger partial charge in [0.2, 0.25) is 5.91 Å². The molecule has 29 heavy (non-hydrogen) atoms. The van der Waals surface area contributed by atoms with Gasteiger partial charge in [-0.05, 0) is 37.1 Å². The summed E-state index contributed by atoms with van der Waals surface area (Å²) in [4.78, 5) is 14.2. The van der Waals surface area contributed by atoms with Gasteiger partial charge in [0.05, 0.1) is 0 Å². The Bertz CT molecular complexity index is 1010. The second-order valence-electron chi connectivity index (χ2n) is 6.70. The van der Waals surface area contributed by atoms with E-state index in [1.807, 2.05) is 23.6 Å². The van der Waals surface area contributed by atoms with E-state index in [9.17, 15) is 13.6 Å². The fourth-order valence-corrected chi connectivity index (χ4v) is 3.86. The van der Waals surface area contributed by atoms with E-state index < -0.39 is 18.2 Å². The topological polar surface area (TPSA) is 70.7 Å². The number of hydrogen-bond donors (Lipinski definition) is 1. The lowest BCUT2D eigenvalue weighted by Gasteiger charge is -2.19. The maximum atomic E-state index is 14.0. The molecule has 9 heteroatoms. The van der Waals surface area contributed by atoms with E-state index >= 15 is 0 Å². The molecule has 0 saturated carbocycles. The Hall–Kier alpha value is -2.52. The van der Waals surface area contributed by atoms with Crippen molar-refractivity contribution in [1.82, 2.24) is 19.5 Å². The summed E-state index contributed by atoms with van der Waals surface area (Å²) >= 11 is 1.20. The fraction of sp³-hybridized carbons (Fsp3) is 0.350. The van der Waals surface area contributed by atoms with Gasteiger partial charge in [0.25, 0.3) is 0 Å². The third-order valence-electron chi connectivity index (χ3n) is 4.76. The quantitative estimate of drug-likeness (QED) is 0.604. The highest BCUT2D eigenvalue weighted by molar-refractivity contribution is 7.99. The summed E-state index contributed by atoms with van der Waals surface area (Å²) in [6, 6.07) is 7.12. The van der Waals surface area contributed by atoms with Crippen molar-refractivity contribution in [2.45, 2.75) is 35.5 Å². The third kappa shape index (κ3) is 4.91. The number of amides is 1. The van der Waals surface area contributed by atoms with Crippen LogP contribution in [0.25, 0.3) is 5.65 Å². The Kier molecular flexibility index (Phi) is 6.81. The number of benzene rings is 1. The van der Waals surface area contributed by atoms with Crippen molar-refractivity contribution in [3.05, 3.63) is 54.0 Å². The summed E-state index contributed by atoms with van der Waals surface area (Å²) < 4.78 is 29.0. The summed E-state index contributed by atoms with van der Waals surface area (Å²) in [5.41, 5.74) is 0.669. The van der Waals surface area contributed by atoms with E-state index in [1.165, 1.54) is 28.8 Å². The van der Waals surface area contributed by atoms with Crippen LogP contribution in [0.1, 0.15) is 31.5 Å². The van der Waals surface area contributed by atoms with Crippen molar-refractivity contribution in [2.24, 2.45) is 0 Å². The average molecular weight is 420 g/mol. The Labute approximate surface area is 171 Å². The van der Waals surface area contributed by atoms with Gasteiger partial charge in [0.1, 0.15) is 24.1 Å². The fourth-order valence-electron chi connectivity index (χ4n) is 3.02. The average Bonchev–Trinajstić information content (AvgIpc) is 3.13. The summed E-state index contributed by atoms with van der Waals surface area (Å²) in [7, 11) is 1.65. The van der Waals surface area contributed by atoms with Crippen LogP contribution in [0.3, 0.4) is 0 Å². The number of carbonyl (C=O) groups excluding carboxylic acids is 1. The highest BCUT2D eigenvalue weighted by Gasteiger charge is 2.19. The minimum Gasteiger partial charge on any atom is -0.387 e. The van der Waals surface area contributed by atoms with Crippen molar-refractivity contribution in [1.29, 1.82) is 0 Å². The van der Waals surface area contributed by atoms with E-state index in [1.54, 1.807) is 13.1 Å².